The van der Waals surface area contributed by atoms with Gasteiger partial charge in [0.15, 0.2) is 17.3 Å². The van der Waals surface area contributed by atoms with Crippen molar-refractivity contribution in [2.24, 2.45) is 5.92 Å². The maximum Gasteiger partial charge on any atom is 0.270 e. The van der Waals surface area contributed by atoms with E-state index in [-0.39, 0.29) is 30.6 Å². The SMILES string of the molecule is CC(C)[C@H](NC(=O)c1ccccn1)c1nnc2n1CCN(C(=O)CCc1ccc3c(c1)OCO3)CC2. The lowest BCUT2D eigenvalue weighted by atomic mass is 10.0. The molecule has 0 saturated carbocycles. The zero-order valence-corrected chi connectivity index (χ0v) is 20.5. The van der Waals surface area contributed by atoms with Gasteiger partial charge in [0, 0.05) is 38.7 Å². The Balaban J connectivity index is 1.23. The predicted molar refractivity (Wildman–Crippen MR) is 130 cm³/mol. The van der Waals surface area contributed by atoms with Crippen molar-refractivity contribution in [2.75, 3.05) is 19.9 Å². The van der Waals surface area contributed by atoms with Crippen LogP contribution < -0.4 is 14.8 Å². The molecule has 0 aliphatic carbocycles. The fraction of sp³-hybridized carbons (Fsp3) is 0.423. The first-order valence-electron chi connectivity index (χ1n) is 12.3. The monoisotopic (exact) mass is 490 g/mol. The number of aryl methyl sites for hydroxylation is 1. The lowest BCUT2D eigenvalue weighted by molar-refractivity contribution is -0.131. The van der Waals surface area contributed by atoms with Gasteiger partial charge in [-0.2, -0.15) is 0 Å². The zero-order chi connectivity index (χ0) is 25.1. The average Bonchev–Trinajstić information content (AvgIpc) is 3.47. The van der Waals surface area contributed by atoms with Crippen molar-refractivity contribution in [1.82, 2.24) is 30.0 Å². The Kier molecular flexibility index (Phi) is 6.84. The van der Waals surface area contributed by atoms with Crippen LogP contribution in [-0.4, -0.2) is 56.3 Å². The van der Waals surface area contributed by atoms with Gasteiger partial charge in [-0.3, -0.25) is 14.6 Å². The Labute approximate surface area is 209 Å². The number of carbonyl (C=O) groups excluding carboxylic acids is 2. The van der Waals surface area contributed by atoms with E-state index in [0.29, 0.717) is 50.4 Å². The number of benzene rings is 1. The van der Waals surface area contributed by atoms with Crippen LogP contribution in [0.1, 0.15) is 54.0 Å². The van der Waals surface area contributed by atoms with Crippen molar-refractivity contribution >= 4 is 11.8 Å². The van der Waals surface area contributed by atoms with Gasteiger partial charge in [-0.15, -0.1) is 10.2 Å². The topological polar surface area (TPSA) is 111 Å². The molecule has 188 valence electrons. The molecule has 0 saturated heterocycles. The molecule has 5 rings (SSSR count). The molecule has 0 bridgehead atoms. The van der Waals surface area contributed by atoms with Crippen LogP contribution in [0.3, 0.4) is 0 Å². The van der Waals surface area contributed by atoms with Crippen molar-refractivity contribution in [3.63, 3.8) is 0 Å². The molecular formula is C26H30N6O4. The minimum Gasteiger partial charge on any atom is -0.454 e. The number of ether oxygens (including phenoxy) is 2. The summed E-state index contributed by atoms with van der Waals surface area (Å²) in [6.45, 7) is 6.04. The highest BCUT2D eigenvalue weighted by Gasteiger charge is 2.29. The van der Waals surface area contributed by atoms with Crippen LogP contribution in [0.2, 0.25) is 0 Å². The van der Waals surface area contributed by atoms with E-state index in [0.717, 1.165) is 22.9 Å². The van der Waals surface area contributed by atoms with Gasteiger partial charge in [-0.25, -0.2) is 0 Å². The molecule has 0 spiro atoms. The first-order chi connectivity index (χ1) is 17.5. The summed E-state index contributed by atoms with van der Waals surface area (Å²) in [5.41, 5.74) is 1.41. The molecule has 10 nitrogen and oxygen atoms in total. The van der Waals surface area contributed by atoms with Crippen LogP contribution in [0.15, 0.2) is 42.6 Å². The number of amides is 2. The van der Waals surface area contributed by atoms with Gasteiger partial charge in [0.1, 0.15) is 11.5 Å². The Morgan fingerprint density at radius 1 is 1.06 bits per heavy atom. The van der Waals surface area contributed by atoms with Gasteiger partial charge in [0.25, 0.3) is 5.91 Å². The summed E-state index contributed by atoms with van der Waals surface area (Å²) in [6, 6.07) is 10.7. The standard InChI is InChI=1S/C26H30N6O4/c1-17(2)24(28-26(34)19-5-3-4-11-27-19)25-30-29-22-10-12-31(13-14-32(22)25)23(33)9-7-18-6-8-20-21(15-18)36-16-35-20/h3-6,8,11,15,17,24H,7,9-10,12-14,16H2,1-2H3,(H,28,34)/t24-/m0/s1. The normalized spacial score (nSPS) is 15.4. The van der Waals surface area contributed by atoms with E-state index in [2.05, 4.69) is 25.1 Å². The summed E-state index contributed by atoms with van der Waals surface area (Å²) in [7, 11) is 0. The zero-order valence-electron chi connectivity index (χ0n) is 20.5. The van der Waals surface area contributed by atoms with E-state index in [1.54, 1.807) is 24.4 Å². The molecule has 0 fully saturated rings. The number of rotatable bonds is 7. The van der Waals surface area contributed by atoms with Gasteiger partial charge >= 0.3 is 0 Å². The number of fused-ring (bicyclic) bond motifs is 2. The number of aromatic nitrogens is 4. The molecule has 3 aromatic rings. The van der Waals surface area contributed by atoms with Crippen LogP contribution in [0.4, 0.5) is 0 Å². The quantitative estimate of drug-likeness (QED) is 0.542. The molecule has 2 amide bonds. The second-order valence-corrected chi connectivity index (χ2v) is 9.35. The number of carbonyl (C=O) groups is 2. The summed E-state index contributed by atoms with van der Waals surface area (Å²) < 4.78 is 12.8. The molecule has 4 heterocycles. The second-order valence-electron chi connectivity index (χ2n) is 9.35. The van der Waals surface area contributed by atoms with Gasteiger partial charge < -0.3 is 24.3 Å². The van der Waals surface area contributed by atoms with Crippen molar-refractivity contribution in [2.45, 2.75) is 45.7 Å². The molecule has 2 aromatic heterocycles. The van der Waals surface area contributed by atoms with E-state index in [1.165, 1.54) is 0 Å². The molecular weight excluding hydrogens is 460 g/mol. The van der Waals surface area contributed by atoms with Gasteiger partial charge in [-0.1, -0.05) is 26.0 Å². The molecule has 0 radical (unpaired) electrons. The Hall–Kier alpha value is -3.95. The average molecular weight is 491 g/mol. The van der Waals surface area contributed by atoms with E-state index in [9.17, 15) is 9.59 Å². The number of hydrogen-bond donors (Lipinski definition) is 1. The van der Waals surface area contributed by atoms with E-state index in [4.69, 9.17) is 9.47 Å². The van der Waals surface area contributed by atoms with Crippen LogP contribution in [0.25, 0.3) is 0 Å². The molecule has 1 atom stereocenters. The Bertz CT molecular complexity index is 1240. The molecule has 36 heavy (non-hydrogen) atoms. The highest BCUT2D eigenvalue weighted by molar-refractivity contribution is 5.92. The highest BCUT2D eigenvalue weighted by atomic mass is 16.7. The van der Waals surface area contributed by atoms with E-state index < -0.39 is 0 Å². The van der Waals surface area contributed by atoms with Crippen LogP contribution in [-0.2, 0) is 24.2 Å². The third-order valence-corrected chi connectivity index (χ3v) is 6.60. The lowest BCUT2D eigenvalue weighted by Gasteiger charge is -2.23. The largest absolute Gasteiger partial charge is 0.454 e. The summed E-state index contributed by atoms with van der Waals surface area (Å²) in [5, 5.41) is 11.9. The van der Waals surface area contributed by atoms with Gasteiger partial charge in [0.05, 0.1) is 6.04 Å². The highest BCUT2D eigenvalue weighted by Crippen LogP contribution is 2.33. The van der Waals surface area contributed by atoms with Crippen molar-refractivity contribution < 1.29 is 19.1 Å². The molecule has 10 heteroatoms. The summed E-state index contributed by atoms with van der Waals surface area (Å²) in [4.78, 5) is 31.8. The molecule has 1 N–H and O–H groups in total. The maximum absolute atomic E-state index is 13.0. The smallest absolute Gasteiger partial charge is 0.270 e. The molecule has 1 aromatic carbocycles. The number of hydrogen-bond acceptors (Lipinski definition) is 7. The first kappa shape index (κ1) is 23.8. The van der Waals surface area contributed by atoms with E-state index in [1.807, 2.05) is 36.9 Å². The molecule has 2 aliphatic rings. The van der Waals surface area contributed by atoms with Gasteiger partial charge in [-0.05, 0) is 42.2 Å². The number of nitrogens with one attached hydrogen (secondary N) is 1. The van der Waals surface area contributed by atoms with Crippen molar-refractivity contribution in [3.8, 4) is 11.5 Å². The number of pyridine rings is 1. The third kappa shape index (κ3) is 5.02. The summed E-state index contributed by atoms with van der Waals surface area (Å²) >= 11 is 0. The second kappa shape index (κ2) is 10.3. The minimum atomic E-state index is -0.325. The summed E-state index contributed by atoms with van der Waals surface area (Å²) in [5.74, 6) is 2.96. The number of nitrogens with zero attached hydrogens (tertiary/aromatic N) is 5. The molecule has 0 unspecified atom stereocenters. The van der Waals surface area contributed by atoms with Crippen molar-refractivity contribution in [1.29, 1.82) is 0 Å². The maximum atomic E-state index is 13.0. The van der Waals surface area contributed by atoms with Crippen LogP contribution >= 0.6 is 0 Å². The lowest BCUT2D eigenvalue weighted by Crippen LogP contribution is -2.36. The first-order valence-corrected chi connectivity index (χ1v) is 12.3. The minimum absolute atomic E-state index is 0.0913. The fourth-order valence-corrected chi connectivity index (χ4v) is 4.57. The third-order valence-electron chi connectivity index (χ3n) is 6.60. The predicted octanol–water partition coefficient (Wildman–Crippen LogP) is 2.55. The Morgan fingerprint density at radius 2 is 1.92 bits per heavy atom. The van der Waals surface area contributed by atoms with E-state index >= 15 is 0 Å². The molecule has 2 aliphatic heterocycles. The van der Waals surface area contributed by atoms with Crippen LogP contribution in [0, 0.1) is 5.92 Å². The van der Waals surface area contributed by atoms with Gasteiger partial charge in [0.2, 0.25) is 12.7 Å². The Morgan fingerprint density at radius 3 is 2.72 bits per heavy atom. The van der Waals surface area contributed by atoms with Crippen molar-refractivity contribution in [3.05, 3.63) is 65.5 Å². The van der Waals surface area contributed by atoms with Crippen LogP contribution in [0.5, 0.6) is 11.5 Å². The fourth-order valence-electron chi connectivity index (χ4n) is 4.57. The summed E-state index contributed by atoms with van der Waals surface area (Å²) in [6.07, 6.45) is 3.27.